The lowest BCUT2D eigenvalue weighted by Gasteiger charge is -2.19. The van der Waals surface area contributed by atoms with Gasteiger partial charge in [0.05, 0.1) is 11.0 Å². The fourth-order valence-corrected chi connectivity index (χ4v) is 2.41. The molecule has 18 heavy (non-hydrogen) atoms. The second kappa shape index (κ2) is 4.94. The first-order valence-electron chi connectivity index (χ1n) is 6.17. The topological polar surface area (TPSA) is 66.6 Å². The van der Waals surface area contributed by atoms with Crippen molar-refractivity contribution in [1.82, 2.24) is 0 Å². The number of hydrogen-bond acceptors (Lipinski definition) is 4. The van der Waals surface area contributed by atoms with Crippen LogP contribution in [0.3, 0.4) is 0 Å². The summed E-state index contributed by atoms with van der Waals surface area (Å²) in [6, 6.07) is 5.32. The summed E-state index contributed by atoms with van der Waals surface area (Å²) in [4.78, 5) is 12.7. The first kappa shape index (κ1) is 12.8. The molecular formula is C13H18N2O3. The SMILES string of the molecule is Cc1ccc(N2CCC(C(C)O)C2)cc1[N+](=O)[O-]. The van der Waals surface area contributed by atoms with Crippen LogP contribution in [-0.2, 0) is 0 Å². The van der Waals surface area contributed by atoms with Gasteiger partial charge in [-0.25, -0.2) is 0 Å². The van der Waals surface area contributed by atoms with Crippen LogP contribution in [-0.4, -0.2) is 29.2 Å². The average Bonchev–Trinajstić information content (AvgIpc) is 2.78. The molecule has 1 aromatic carbocycles. The number of aliphatic hydroxyl groups is 1. The number of benzene rings is 1. The van der Waals surface area contributed by atoms with E-state index in [2.05, 4.69) is 4.90 Å². The molecule has 5 nitrogen and oxygen atoms in total. The van der Waals surface area contributed by atoms with E-state index in [0.717, 1.165) is 25.2 Å². The Morgan fingerprint density at radius 1 is 1.56 bits per heavy atom. The van der Waals surface area contributed by atoms with Crippen LogP contribution in [0, 0.1) is 23.0 Å². The van der Waals surface area contributed by atoms with E-state index in [1.165, 1.54) is 0 Å². The minimum Gasteiger partial charge on any atom is -0.393 e. The van der Waals surface area contributed by atoms with E-state index in [1.54, 1.807) is 26.0 Å². The van der Waals surface area contributed by atoms with Crippen LogP contribution in [0.1, 0.15) is 18.9 Å². The molecule has 98 valence electrons. The van der Waals surface area contributed by atoms with Gasteiger partial charge in [0.15, 0.2) is 0 Å². The van der Waals surface area contributed by atoms with Gasteiger partial charge in [0.2, 0.25) is 0 Å². The quantitative estimate of drug-likeness (QED) is 0.659. The average molecular weight is 250 g/mol. The van der Waals surface area contributed by atoms with Crippen molar-refractivity contribution < 1.29 is 10.0 Å². The van der Waals surface area contributed by atoms with Crippen LogP contribution in [0.25, 0.3) is 0 Å². The predicted octanol–water partition coefficient (Wildman–Crippen LogP) is 2.11. The van der Waals surface area contributed by atoms with Crippen molar-refractivity contribution >= 4 is 11.4 Å². The molecule has 1 aliphatic heterocycles. The number of rotatable bonds is 3. The summed E-state index contributed by atoms with van der Waals surface area (Å²) in [5.41, 5.74) is 1.71. The Morgan fingerprint density at radius 2 is 2.28 bits per heavy atom. The van der Waals surface area contributed by atoms with Crippen molar-refractivity contribution in [1.29, 1.82) is 0 Å². The third-order valence-corrected chi connectivity index (χ3v) is 3.66. The highest BCUT2D eigenvalue weighted by Gasteiger charge is 2.27. The van der Waals surface area contributed by atoms with E-state index in [1.807, 2.05) is 6.07 Å². The molecule has 0 radical (unpaired) electrons. The van der Waals surface area contributed by atoms with Crippen LogP contribution < -0.4 is 4.90 Å². The van der Waals surface area contributed by atoms with E-state index in [-0.39, 0.29) is 22.6 Å². The van der Waals surface area contributed by atoms with E-state index in [9.17, 15) is 15.2 Å². The van der Waals surface area contributed by atoms with Gasteiger partial charge in [-0.05, 0) is 26.3 Å². The van der Waals surface area contributed by atoms with Crippen molar-refractivity contribution in [2.45, 2.75) is 26.4 Å². The summed E-state index contributed by atoms with van der Waals surface area (Å²) in [6.07, 6.45) is 0.606. The molecule has 0 aromatic heterocycles. The fourth-order valence-electron chi connectivity index (χ4n) is 2.41. The van der Waals surface area contributed by atoms with Crippen molar-refractivity contribution in [3.63, 3.8) is 0 Å². The highest BCUT2D eigenvalue weighted by atomic mass is 16.6. The van der Waals surface area contributed by atoms with Crippen LogP contribution >= 0.6 is 0 Å². The molecule has 1 saturated heterocycles. The molecule has 1 aliphatic rings. The van der Waals surface area contributed by atoms with Crippen LogP contribution in [0.2, 0.25) is 0 Å². The Balaban J connectivity index is 2.20. The Labute approximate surface area is 106 Å². The third-order valence-electron chi connectivity index (χ3n) is 3.66. The van der Waals surface area contributed by atoms with Gasteiger partial charge >= 0.3 is 0 Å². The summed E-state index contributed by atoms with van der Waals surface area (Å²) in [5, 5.41) is 20.5. The molecule has 0 saturated carbocycles. The Hall–Kier alpha value is -1.62. The number of nitro groups is 1. The van der Waals surface area contributed by atoms with Crippen LogP contribution in [0.5, 0.6) is 0 Å². The lowest BCUT2D eigenvalue weighted by atomic mass is 10.0. The number of hydrogen-bond donors (Lipinski definition) is 1. The predicted molar refractivity (Wildman–Crippen MR) is 69.8 cm³/mol. The van der Waals surface area contributed by atoms with E-state index < -0.39 is 0 Å². The number of nitrogens with zero attached hydrogens (tertiary/aromatic N) is 2. The Morgan fingerprint density at radius 3 is 2.83 bits per heavy atom. The molecule has 0 bridgehead atoms. The smallest absolute Gasteiger partial charge is 0.274 e. The molecule has 5 heteroatoms. The second-order valence-corrected chi connectivity index (χ2v) is 4.96. The lowest BCUT2D eigenvalue weighted by Crippen LogP contribution is -2.23. The van der Waals surface area contributed by atoms with Gasteiger partial charge < -0.3 is 10.0 Å². The van der Waals surface area contributed by atoms with Crippen LogP contribution in [0.4, 0.5) is 11.4 Å². The summed E-state index contributed by atoms with van der Waals surface area (Å²) in [6.45, 7) is 5.14. The monoisotopic (exact) mass is 250 g/mol. The summed E-state index contributed by atoms with van der Waals surface area (Å²) in [5.74, 6) is 0.255. The minimum atomic E-state index is -0.346. The largest absolute Gasteiger partial charge is 0.393 e. The fraction of sp³-hybridized carbons (Fsp3) is 0.538. The van der Waals surface area contributed by atoms with Crippen LogP contribution in [0.15, 0.2) is 18.2 Å². The maximum absolute atomic E-state index is 10.9. The first-order valence-corrected chi connectivity index (χ1v) is 6.17. The van der Waals surface area contributed by atoms with Gasteiger partial charge in [-0.15, -0.1) is 0 Å². The summed E-state index contributed by atoms with van der Waals surface area (Å²) >= 11 is 0. The molecule has 2 atom stereocenters. The molecule has 1 aromatic rings. The van der Waals surface area contributed by atoms with Crippen molar-refractivity contribution in [2.24, 2.45) is 5.92 Å². The number of aliphatic hydroxyl groups excluding tert-OH is 1. The third kappa shape index (κ3) is 2.46. The molecular weight excluding hydrogens is 232 g/mol. The molecule has 1 fully saturated rings. The van der Waals surface area contributed by atoms with E-state index in [4.69, 9.17) is 0 Å². The number of nitro benzene ring substituents is 1. The second-order valence-electron chi connectivity index (χ2n) is 4.96. The zero-order valence-electron chi connectivity index (χ0n) is 10.7. The van der Waals surface area contributed by atoms with Gasteiger partial charge in [0.1, 0.15) is 0 Å². The van der Waals surface area contributed by atoms with Crippen molar-refractivity contribution in [2.75, 3.05) is 18.0 Å². The van der Waals surface area contributed by atoms with Crippen molar-refractivity contribution in [3.8, 4) is 0 Å². The molecule has 0 aliphatic carbocycles. The Bertz CT molecular complexity index is 460. The molecule has 0 amide bonds. The highest BCUT2D eigenvalue weighted by Crippen LogP contribution is 2.29. The first-order chi connectivity index (χ1) is 8.49. The minimum absolute atomic E-state index is 0.160. The summed E-state index contributed by atoms with van der Waals surface area (Å²) < 4.78 is 0. The molecule has 1 N–H and O–H groups in total. The van der Waals surface area contributed by atoms with Crippen molar-refractivity contribution in [3.05, 3.63) is 33.9 Å². The normalized spacial score (nSPS) is 21.1. The van der Waals surface area contributed by atoms with Gasteiger partial charge in [-0.1, -0.05) is 6.07 Å². The van der Waals surface area contributed by atoms with Gasteiger partial charge in [-0.3, -0.25) is 10.1 Å². The van der Waals surface area contributed by atoms with Gasteiger partial charge in [0.25, 0.3) is 5.69 Å². The molecule has 0 spiro atoms. The molecule has 2 unspecified atom stereocenters. The molecule has 2 rings (SSSR count). The standard InChI is InChI=1S/C13H18N2O3/c1-9-3-4-12(7-13(9)15(17)18)14-6-5-11(8-14)10(2)16/h3-4,7,10-11,16H,5-6,8H2,1-2H3. The number of aryl methyl sites for hydroxylation is 1. The zero-order chi connectivity index (χ0) is 13.3. The van der Waals surface area contributed by atoms with Gasteiger partial charge in [-0.2, -0.15) is 0 Å². The Kier molecular flexibility index (Phi) is 3.52. The maximum Gasteiger partial charge on any atom is 0.274 e. The molecule has 1 heterocycles. The van der Waals surface area contributed by atoms with E-state index >= 15 is 0 Å². The maximum atomic E-state index is 10.9. The zero-order valence-corrected chi connectivity index (χ0v) is 10.7. The number of anilines is 1. The van der Waals surface area contributed by atoms with E-state index in [0.29, 0.717) is 5.56 Å². The summed E-state index contributed by atoms with van der Waals surface area (Å²) in [7, 11) is 0. The highest BCUT2D eigenvalue weighted by molar-refractivity contribution is 5.57. The van der Waals surface area contributed by atoms with Gasteiger partial charge in [0, 0.05) is 36.3 Å². The lowest BCUT2D eigenvalue weighted by molar-refractivity contribution is -0.385.